The molecule has 2 aromatic rings. The van der Waals surface area contributed by atoms with Gasteiger partial charge in [-0.2, -0.15) is 24.9 Å². The number of carbonyl (C=O) groups is 1. The lowest BCUT2D eigenvalue weighted by molar-refractivity contribution is -0.139. The number of alkyl halides is 3. The van der Waals surface area contributed by atoms with E-state index in [2.05, 4.69) is 10.3 Å². The number of thioether (sulfide) groups is 1. The Morgan fingerprint density at radius 2 is 2.08 bits per heavy atom. The SMILES string of the molecule is O=C(Nc1ccc(F)c(C(F)(F)F)c1)c1ccnc(OC2CCSC2)c1. The third-order valence-electron chi connectivity index (χ3n) is 3.70. The number of hydrogen-bond acceptors (Lipinski definition) is 4. The van der Waals surface area contributed by atoms with Gasteiger partial charge in [0.15, 0.2) is 0 Å². The standard InChI is InChI=1S/C17H14F4N2O2S/c18-14-2-1-11(8-13(14)17(19,20)21)23-16(24)10-3-5-22-15(7-10)25-12-4-6-26-9-12/h1-3,5,7-8,12H,4,6,9H2,(H,23,24). The van der Waals surface area contributed by atoms with Crippen molar-refractivity contribution >= 4 is 23.4 Å². The van der Waals surface area contributed by atoms with Crippen LogP contribution in [0.25, 0.3) is 0 Å². The van der Waals surface area contributed by atoms with Gasteiger partial charge in [0.2, 0.25) is 5.88 Å². The quantitative estimate of drug-likeness (QED) is 0.793. The predicted molar refractivity (Wildman–Crippen MR) is 90.0 cm³/mol. The monoisotopic (exact) mass is 386 g/mol. The Kier molecular flexibility index (Phi) is 5.36. The summed E-state index contributed by atoms with van der Waals surface area (Å²) in [5.74, 6) is 0.0766. The molecule has 1 aliphatic heterocycles. The lowest BCUT2D eigenvalue weighted by Gasteiger charge is -2.13. The van der Waals surface area contributed by atoms with E-state index >= 15 is 0 Å². The Balaban J connectivity index is 1.74. The molecule has 1 atom stereocenters. The first-order chi connectivity index (χ1) is 12.3. The minimum absolute atomic E-state index is 0.0252. The summed E-state index contributed by atoms with van der Waals surface area (Å²) >= 11 is 1.76. The molecule has 1 aromatic heterocycles. The molecular weight excluding hydrogens is 372 g/mol. The molecule has 1 saturated heterocycles. The van der Waals surface area contributed by atoms with E-state index in [-0.39, 0.29) is 23.2 Å². The van der Waals surface area contributed by atoms with E-state index in [1.807, 2.05) is 0 Å². The number of nitrogens with zero attached hydrogens (tertiary/aromatic N) is 1. The number of amides is 1. The molecule has 0 bridgehead atoms. The maximum absolute atomic E-state index is 13.3. The fourth-order valence-corrected chi connectivity index (χ4v) is 3.51. The lowest BCUT2D eigenvalue weighted by atomic mass is 10.1. The third kappa shape index (κ3) is 4.46. The van der Waals surface area contributed by atoms with Crippen LogP contribution in [0.2, 0.25) is 0 Å². The number of aromatic nitrogens is 1. The van der Waals surface area contributed by atoms with Crippen LogP contribution in [0, 0.1) is 5.82 Å². The Bertz CT molecular complexity index is 808. The van der Waals surface area contributed by atoms with Crippen LogP contribution in [0.3, 0.4) is 0 Å². The van der Waals surface area contributed by atoms with Crippen molar-refractivity contribution in [2.45, 2.75) is 18.7 Å². The van der Waals surface area contributed by atoms with Gasteiger partial charge in [0, 0.05) is 29.3 Å². The van der Waals surface area contributed by atoms with Gasteiger partial charge in [0.05, 0.1) is 5.56 Å². The fraction of sp³-hybridized carbons (Fsp3) is 0.294. The number of benzene rings is 1. The number of rotatable bonds is 4. The molecule has 1 amide bonds. The van der Waals surface area contributed by atoms with Gasteiger partial charge in [-0.05, 0) is 36.4 Å². The summed E-state index contributed by atoms with van der Waals surface area (Å²) in [5, 5.41) is 2.33. The van der Waals surface area contributed by atoms with Crippen molar-refractivity contribution in [2.75, 3.05) is 16.8 Å². The van der Waals surface area contributed by atoms with Crippen molar-refractivity contribution in [1.82, 2.24) is 4.98 Å². The van der Waals surface area contributed by atoms with Crippen molar-refractivity contribution in [3.05, 3.63) is 53.5 Å². The van der Waals surface area contributed by atoms with Gasteiger partial charge in [-0.3, -0.25) is 4.79 Å². The number of pyridine rings is 1. The molecule has 1 N–H and O–H groups in total. The van der Waals surface area contributed by atoms with E-state index < -0.39 is 23.5 Å². The minimum atomic E-state index is -4.85. The first-order valence-corrected chi connectivity index (χ1v) is 8.87. The van der Waals surface area contributed by atoms with Gasteiger partial charge in [-0.1, -0.05) is 0 Å². The molecule has 1 fully saturated rings. The number of ether oxygens (including phenoxy) is 1. The van der Waals surface area contributed by atoms with E-state index in [1.165, 1.54) is 18.3 Å². The number of anilines is 1. The molecule has 1 aliphatic rings. The molecule has 4 nitrogen and oxygen atoms in total. The zero-order valence-corrected chi connectivity index (χ0v) is 14.2. The fourth-order valence-electron chi connectivity index (χ4n) is 2.42. The van der Waals surface area contributed by atoms with Crippen molar-refractivity contribution in [2.24, 2.45) is 0 Å². The summed E-state index contributed by atoms with van der Waals surface area (Å²) in [6, 6.07) is 5.13. The normalized spacial score (nSPS) is 17.2. The maximum Gasteiger partial charge on any atom is 0.419 e. The van der Waals surface area contributed by atoms with Crippen LogP contribution in [0.1, 0.15) is 22.3 Å². The zero-order valence-electron chi connectivity index (χ0n) is 13.3. The molecule has 138 valence electrons. The summed E-state index contributed by atoms with van der Waals surface area (Å²) in [5.41, 5.74) is -1.42. The average molecular weight is 386 g/mol. The first-order valence-electron chi connectivity index (χ1n) is 7.71. The van der Waals surface area contributed by atoms with Gasteiger partial charge in [0.1, 0.15) is 11.9 Å². The molecule has 0 aliphatic carbocycles. The first kappa shape index (κ1) is 18.5. The second-order valence-corrected chi connectivity index (χ2v) is 6.78. The predicted octanol–water partition coefficient (Wildman–Crippen LogP) is 4.38. The van der Waals surface area contributed by atoms with Crippen molar-refractivity contribution in [3.8, 4) is 5.88 Å². The summed E-state index contributed by atoms with van der Waals surface area (Å²) in [6.45, 7) is 0. The van der Waals surface area contributed by atoms with Crippen LogP contribution < -0.4 is 10.1 Å². The van der Waals surface area contributed by atoms with Gasteiger partial charge in [-0.25, -0.2) is 9.37 Å². The Labute approximate surface area is 151 Å². The topological polar surface area (TPSA) is 51.2 Å². The van der Waals surface area contributed by atoms with Gasteiger partial charge in [0.25, 0.3) is 5.91 Å². The van der Waals surface area contributed by atoms with E-state index in [0.29, 0.717) is 12.1 Å². The Morgan fingerprint density at radius 1 is 1.27 bits per heavy atom. The summed E-state index contributed by atoms with van der Waals surface area (Å²) < 4.78 is 57.3. The van der Waals surface area contributed by atoms with E-state index in [1.54, 1.807) is 11.8 Å². The molecule has 3 rings (SSSR count). The van der Waals surface area contributed by atoms with Crippen LogP contribution in [0.5, 0.6) is 5.88 Å². The molecule has 0 saturated carbocycles. The highest BCUT2D eigenvalue weighted by Gasteiger charge is 2.34. The second kappa shape index (κ2) is 7.53. The Hall–Kier alpha value is -2.29. The van der Waals surface area contributed by atoms with Gasteiger partial charge >= 0.3 is 6.18 Å². The molecule has 2 heterocycles. The van der Waals surface area contributed by atoms with Crippen molar-refractivity contribution < 1.29 is 27.1 Å². The molecule has 9 heteroatoms. The molecular formula is C17H14F4N2O2S. The van der Waals surface area contributed by atoms with Crippen molar-refractivity contribution in [1.29, 1.82) is 0 Å². The smallest absolute Gasteiger partial charge is 0.419 e. The highest BCUT2D eigenvalue weighted by Crippen LogP contribution is 2.33. The summed E-state index contributed by atoms with van der Waals surface area (Å²) in [7, 11) is 0. The van der Waals surface area contributed by atoms with Gasteiger partial charge in [-0.15, -0.1) is 0 Å². The summed E-state index contributed by atoms with van der Waals surface area (Å²) in [4.78, 5) is 16.3. The van der Waals surface area contributed by atoms with Crippen LogP contribution in [-0.2, 0) is 6.18 Å². The van der Waals surface area contributed by atoms with E-state index in [4.69, 9.17) is 4.74 Å². The molecule has 1 unspecified atom stereocenters. The molecule has 1 aromatic carbocycles. The zero-order chi connectivity index (χ0) is 18.7. The number of hydrogen-bond donors (Lipinski definition) is 1. The van der Waals surface area contributed by atoms with Crippen molar-refractivity contribution in [3.63, 3.8) is 0 Å². The maximum atomic E-state index is 13.3. The van der Waals surface area contributed by atoms with Gasteiger partial charge < -0.3 is 10.1 Å². The lowest BCUT2D eigenvalue weighted by Crippen LogP contribution is -2.17. The molecule has 26 heavy (non-hydrogen) atoms. The second-order valence-electron chi connectivity index (χ2n) is 5.63. The van der Waals surface area contributed by atoms with Crippen LogP contribution in [0.4, 0.5) is 23.2 Å². The number of carbonyl (C=O) groups excluding carboxylic acids is 1. The third-order valence-corrected chi connectivity index (χ3v) is 4.83. The van der Waals surface area contributed by atoms with Crippen LogP contribution >= 0.6 is 11.8 Å². The van der Waals surface area contributed by atoms with Crippen LogP contribution in [-0.4, -0.2) is 28.5 Å². The average Bonchev–Trinajstić information content (AvgIpc) is 3.09. The van der Waals surface area contributed by atoms with E-state index in [0.717, 1.165) is 24.0 Å². The largest absolute Gasteiger partial charge is 0.473 e. The Morgan fingerprint density at radius 3 is 2.77 bits per heavy atom. The van der Waals surface area contributed by atoms with E-state index in [9.17, 15) is 22.4 Å². The highest BCUT2D eigenvalue weighted by atomic mass is 32.2. The molecule has 0 radical (unpaired) electrons. The number of nitrogens with one attached hydrogen (secondary N) is 1. The minimum Gasteiger partial charge on any atom is -0.473 e. The summed E-state index contributed by atoms with van der Waals surface area (Å²) in [6.07, 6.45) is -2.55. The highest BCUT2D eigenvalue weighted by molar-refractivity contribution is 7.99. The molecule has 0 spiro atoms. The number of halogens is 4. The van der Waals surface area contributed by atoms with Crippen LogP contribution in [0.15, 0.2) is 36.5 Å².